The zero-order chi connectivity index (χ0) is 26.9. The second-order valence-electron chi connectivity index (χ2n) is 9.37. The van der Waals surface area contributed by atoms with Gasteiger partial charge in [-0.05, 0) is 72.5 Å². The van der Waals surface area contributed by atoms with E-state index in [1.165, 1.54) is 11.5 Å². The van der Waals surface area contributed by atoms with Crippen LogP contribution in [0.5, 0.6) is 0 Å². The van der Waals surface area contributed by atoms with Gasteiger partial charge < -0.3 is 14.6 Å². The van der Waals surface area contributed by atoms with E-state index in [-0.39, 0.29) is 5.57 Å². The van der Waals surface area contributed by atoms with Crippen molar-refractivity contribution in [2.24, 2.45) is 0 Å². The van der Waals surface area contributed by atoms with Crippen LogP contribution in [0.15, 0.2) is 115 Å². The quantitative estimate of drug-likeness (QED) is 0.181. The lowest BCUT2D eigenvalue weighted by Crippen LogP contribution is -2.10. The highest BCUT2D eigenvalue weighted by atomic mass is 16.4. The standard InChI is InChI=1S/C34H25N3O2/c1-2-36-31-17-15-23(19-25(22-35)34(38)39)20-29(31)30-21-27(16-18-32(30)36)37(26-11-4-3-5-12-26)33-14-8-10-24-9-6-7-13-28(24)33/h3-21H,2H2,1H3,(H,38,39)/b25-19-. The van der Waals surface area contributed by atoms with Crippen molar-refractivity contribution in [1.29, 1.82) is 5.26 Å². The molecule has 0 aliphatic heterocycles. The van der Waals surface area contributed by atoms with Crippen LogP contribution in [0.4, 0.5) is 17.1 Å². The third kappa shape index (κ3) is 4.18. The number of hydrogen-bond donors (Lipinski definition) is 1. The summed E-state index contributed by atoms with van der Waals surface area (Å²) in [7, 11) is 0. The molecule has 5 nitrogen and oxygen atoms in total. The summed E-state index contributed by atoms with van der Waals surface area (Å²) in [6.07, 6.45) is 1.42. The lowest BCUT2D eigenvalue weighted by molar-refractivity contribution is -0.132. The van der Waals surface area contributed by atoms with Crippen LogP contribution in [0.1, 0.15) is 12.5 Å². The van der Waals surface area contributed by atoms with Crippen molar-refractivity contribution in [2.75, 3.05) is 4.90 Å². The molecule has 0 atom stereocenters. The molecule has 5 aromatic carbocycles. The number of carbonyl (C=O) groups is 1. The highest BCUT2D eigenvalue weighted by Gasteiger charge is 2.18. The molecule has 0 aliphatic rings. The summed E-state index contributed by atoms with van der Waals surface area (Å²) in [4.78, 5) is 13.7. The molecular weight excluding hydrogens is 482 g/mol. The predicted octanol–water partition coefficient (Wildman–Crippen LogP) is 8.43. The fraction of sp³-hybridized carbons (Fsp3) is 0.0588. The van der Waals surface area contributed by atoms with Crippen LogP contribution in [0.3, 0.4) is 0 Å². The summed E-state index contributed by atoms with van der Waals surface area (Å²) in [5.74, 6) is -1.23. The molecule has 1 N–H and O–H groups in total. The smallest absolute Gasteiger partial charge is 0.346 e. The van der Waals surface area contributed by atoms with Crippen LogP contribution in [0, 0.1) is 11.3 Å². The number of anilines is 3. The van der Waals surface area contributed by atoms with E-state index in [4.69, 9.17) is 0 Å². The SMILES string of the molecule is CCn1c2ccc(/C=C(/C#N)C(=O)O)cc2c2cc(N(c3ccccc3)c3cccc4ccccc34)ccc21. The van der Waals surface area contributed by atoms with E-state index in [1.807, 2.05) is 36.4 Å². The van der Waals surface area contributed by atoms with Crippen LogP contribution in [0.2, 0.25) is 0 Å². The maximum absolute atomic E-state index is 11.4. The zero-order valence-electron chi connectivity index (χ0n) is 21.4. The average Bonchev–Trinajstić information content (AvgIpc) is 3.29. The molecule has 0 saturated heterocycles. The summed E-state index contributed by atoms with van der Waals surface area (Å²) >= 11 is 0. The van der Waals surface area contributed by atoms with Gasteiger partial charge in [0.1, 0.15) is 11.6 Å². The Balaban J connectivity index is 1.62. The fourth-order valence-corrected chi connectivity index (χ4v) is 5.40. The second-order valence-corrected chi connectivity index (χ2v) is 9.37. The molecule has 0 bridgehead atoms. The van der Waals surface area contributed by atoms with Gasteiger partial charge in [0.05, 0.1) is 5.69 Å². The fourth-order valence-electron chi connectivity index (χ4n) is 5.40. The molecular formula is C34H25N3O2. The van der Waals surface area contributed by atoms with Gasteiger partial charge in [0.25, 0.3) is 0 Å². The van der Waals surface area contributed by atoms with Crippen LogP contribution in [-0.4, -0.2) is 15.6 Å². The number of para-hydroxylation sites is 1. The molecule has 0 amide bonds. The highest BCUT2D eigenvalue weighted by Crippen LogP contribution is 2.41. The Morgan fingerprint density at radius 2 is 1.51 bits per heavy atom. The van der Waals surface area contributed by atoms with Gasteiger partial charge in [-0.15, -0.1) is 0 Å². The number of aryl methyl sites for hydroxylation is 1. The molecule has 0 unspecified atom stereocenters. The summed E-state index contributed by atoms with van der Waals surface area (Å²) < 4.78 is 2.26. The largest absolute Gasteiger partial charge is 0.477 e. The molecule has 6 rings (SSSR count). The van der Waals surface area contributed by atoms with Crippen molar-refractivity contribution < 1.29 is 9.90 Å². The minimum Gasteiger partial charge on any atom is -0.477 e. The molecule has 0 aliphatic carbocycles. The van der Waals surface area contributed by atoms with Gasteiger partial charge >= 0.3 is 5.97 Å². The van der Waals surface area contributed by atoms with Crippen LogP contribution in [-0.2, 0) is 11.3 Å². The van der Waals surface area contributed by atoms with E-state index in [0.29, 0.717) is 5.56 Å². The molecule has 39 heavy (non-hydrogen) atoms. The number of nitrogens with zero attached hydrogens (tertiary/aromatic N) is 3. The number of nitriles is 1. The second kappa shape index (κ2) is 9.85. The Hall–Kier alpha value is -5.34. The van der Waals surface area contributed by atoms with Gasteiger partial charge in [-0.1, -0.05) is 60.7 Å². The van der Waals surface area contributed by atoms with Crippen molar-refractivity contribution in [1.82, 2.24) is 4.57 Å². The van der Waals surface area contributed by atoms with Crippen molar-refractivity contribution in [3.05, 3.63) is 120 Å². The first kappa shape index (κ1) is 24.0. The molecule has 6 aromatic rings. The van der Waals surface area contributed by atoms with Gasteiger partial charge in [-0.2, -0.15) is 5.26 Å². The van der Waals surface area contributed by atoms with E-state index < -0.39 is 5.97 Å². The predicted molar refractivity (Wildman–Crippen MR) is 159 cm³/mol. The Morgan fingerprint density at radius 1 is 0.821 bits per heavy atom. The number of rotatable bonds is 6. The summed E-state index contributed by atoms with van der Waals surface area (Å²) in [5, 5.41) is 23.0. The van der Waals surface area contributed by atoms with Crippen LogP contribution in [0.25, 0.3) is 38.7 Å². The van der Waals surface area contributed by atoms with E-state index in [0.717, 1.165) is 50.8 Å². The lowest BCUT2D eigenvalue weighted by atomic mass is 10.0. The number of hydrogen-bond acceptors (Lipinski definition) is 3. The van der Waals surface area contributed by atoms with Crippen molar-refractivity contribution in [3.8, 4) is 6.07 Å². The average molecular weight is 508 g/mol. The Bertz CT molecular complexity index is 1940. The number of aliphatic carboxylic acids is 1. The minimum absolute atomic E-state index is 0.291. The van der Waals surface area contributed by atoms with Crippen LogP contribution < -0.4 is 4.90 Å². The Morgan fingerprint density at radius 3 is 2.26 bits per heavy atom. The van der Waals surface area contributed by atoms with E-state index in [9.17, 15) is 15.2 Å². The number of fused-ring (bicyclic) bond motifs is 4. The van der Waals surface area contributed by atoms with Crippen molar-refractivity contribution in [3.63, 3.8) is 0 Å². The molecule has 1 aromatic heterocycles. The third-order valence-electron chi connectivity index (χ3n) is 7.13. The number of carboxylic acids is 1. The molecule has 188 valence electrons. The third-order valence-corrected chi connectivity index (χ3v) is 7.13. The maximum atomic E-state index is 11.4. The van der Waals surface area contributed by atoms with Gasteiger partial charge in [0.15, 0.2) is 0 Å². The molecule has 0 saturated carbocycles. The number of carboxylic acid groups (broad SMARTS) is 1. The summed E-state index contributed by atoms with van der Waals surface area (Å²) in [5.41, 5.74) is 5.70. The van der Waals surface area contributed by atoms with Gasteiger partial charge in [-0.25, -0.2) is 4.79 Å². The zero-order valence-corrected chi connectivity index (χ0v) is 21.4. The monoisotopic (exact) mass is 507 g/mol. The van der Waals surface area contributed by atoms with E-state index in [2.05, 4.69) is 89.2 Å². The summed E-state index contributed by atoms with van der Waals surface area (Å²) in [6, 6.07) is 39.2. The molecule has 5 heteroatoms. The number of aromatic nitrogens is 1. The minimum atomic E-state index is -1.23. The molecule has 0 fully saturated rings. The van der Waals surface area contributed by atoms with Gasteiger partial charge in [0, 0.05) is 45.1 Å². The van der Waals surface area contributed by atoms with Crippen LogP contribution >= 0.6 is 0 Å². The first-order valence-electron chi connectivity index (χ1n) is 12.8. The maximum Gasteiger partial charge on any atom is 0.346 e. The summed E-state index contributed by atoms with van der Waals surface area (Å²) in [6.45, 7) is 2.91. The van der Waals surface area contributed by atoms with Crippen molar-refractivity contribution >= 4 is 61.7 Å². The topological polar surface area (TPSA) is 69.3 Å². The molecule has 0 spiro atoms. The normalized spacial score (nSPS) is 11.6. The van der Waals surface area contributed by atoms with Gasteiger partial charge in [-0.3, -0.25) is 0 Å². The Kier molecular flexibility index (Phi) is 6.07. The number of benzene rings is 5. The highest BCUT2D eigenvalue weighted by molar-refractivity contribution is 6.11. The molecule has 0 radical (unpaired) electrons. The lowest BCUT2D eigenvalue weighted by Gasteiger charge is -2.27. The van der Waals surface area contributed by atoms with E-state index >= 15 is 0 Å². The first-order chi connectivity index (χ1) is 19.1. The first-order valence-corrected chi connectivity index (χ1v) is 12.8. The van der Waals surface area contributed by atoms with E-state index in [1.54, 1.807) is 6.07 Å². The molecule has 1 heterocycles. The van der Waals surface area contributed by atoms with Crippen molar-refractivity contribution in [2.45, 2.75) is 13.5 Å². The Labute approximate surface area is 226 Å². The van der Waals surface area contributed by atoms with Gasteiger partial charge in [0.2, 0.25) is 0 Å².